The van der Waals surface area contributed by atoms with Crippen molar-refractivity contribution in [3.8, 4) is 0 Å². The highest BCUT2D eigenvalue weighted by Crippen LogP contribution is 2.34. The molecule has 0 atom stereocenters. The number of thioether (sulfide) groups is 2. The van der Waals surface area contributed by atoms with E-state index in [0.29, 0.717) is 0 Å². The summed E-state index contributed by atoms with van der Waals surface area (Å²) in [7, 11) is 0. The number of hydrogen-bond donors (Lipinski definition) is 0. The van der Waals surface area contributed by atoms with Gasteiger partial charge in [-0.2, -0.15) is 0 Å². The van der Waals surface area contributed by atoms with Gasteiger partial charge in [0.25, 0.3) is 0 Å². The van der Waals surface area contributed by atoms with E-state index < -0.39 is 0 Å². The van der Waals surface area contributed by atoms with Crippen LogP contribution in [-0.2, 0) is 6.42 Å². The molecular weight excluding hydrogens is 184 g/mol. The SMILES string of the molecule is c1ccc(CC2SCCS2)cc1. The molecule has 2 rings (SSSR count). The van der Waals surface area contributed by atoms with Gasteiger partial charge >= 0.3 is 0 Å². The number of rotatable bonds is 2. The van der Waals surface area contributed by atoms with Crippen molar-refractivity contribution >= 4 is 23.5 Å². The minimum atomic E-state index is 0.812. The Morgan fingerprint density at radius 1 is 1.08 bits per heavy atom. The summed E-state index contributed by atoms with van der Waals surface area (Å²) in [4.78, 5) is 0. The first-order valence-corrected chi connectivity index (χ1v) is 6.32. The Labute approximate surface area is 82.1 Å². The first kappa shape index (κ1) is 8.52. The summed E-state index contributed by atoms with van der Waals surface area (Å²) >= 11 is 4.20. The molecule has 0 unspecified atom stereocenters. The summed E-state index contributed by atoms with van der Waals surface area (Å²) in [5, 5.41) is 0. The molecule has 1 aromatic rings. The molecule has 0 radical (unpaired) electrons. The molecule has 0 saturated carbocycles. The van der Waals surface area contributed by atoms with Gasteiger partial charge in [-0.15, -0.1) is 23.5 Å². The second-order valence-electron chi connectivity index (χ2n) is 2.86. The second-order valence-corrected chi connectivity index (χ2v) is 5.78. The highest BCUT2D eigenvalue weighted by Gasteiger charge is 2.15. The second kappa shape index (κ2) is 4.24. The normalized spacial score (nSPS) is 18.3. The third-order valence-electron chi connectivity index (χ3n) is 1.94. The standard InChI is InChI=1S/C10H12S2/c1-2-4-9(5-3-1)8-10-11-6-7-12-10/h1-5,10H,6-8H2. The minimum absolute atomic E-state index is 0.812. The van der Waals surface area contributed by atoms with E-state index in [0.717, 1.165) is 4.58 Å². The smallest absolute Gasteiger partial charge is 0.0543 e. The Bertz CT molecular complexity index is 227. The predicted molar refractivity (Wildman–Crippen MR) is 58.9 cm³/mol. The predicted octanol–water partition coefficient (Wildman–Crippen LogP) is 3.04. The quantitative estimate of drug-likeness (QED) is 0.713. The molecule has 1 heterocycles. The van der Waals surface area contributed by atoms with Crippen LogP contribution in [0.25, 0.3) is 0 Å². The topological polar surface area (TPSA) is 0 Å². The highest BCUT2D eigenvalue weighted by molar-refractivity contribution is 8.20. The average molecular weight is 196 g/mol. The molecule has 0 N–H and O–H groups in total. The van der Waals surface area contributed by atoms with Crippen LogP contribution in [0.15, 0.2) is 30.3 Å². The lowest BCUT2D eigenvalue weighted by molar-refractivity contribution is 1.11. The van der Waals surface area contributed by atoms with Crippen molar-refractivity contribution < 1.29 is 0 Å². The maximum atomic E-state index is 2.22. The number of hydrogen-bond acceptors (Lipinski definition) is 2. The Kier molecular flexibility index (Phi) is 3.01. The van der Waals surface area contributed by atoms with Gasteiger partial charge in [0, 0.05) is 11.5 Å². The van der Waals surface area contributed by atoms with Crippen LogP contribution >= 0.6 is 23.5 Å². The summed E-state index contributed by atoms with van der Waals surface area (Å²) in [6, 6.07) is 10.8. The summed E-state index contributed by atoms with van der Waals surface area (Å²) < 4.78 is 0.812. The van der Waals surface area contributed by atoms with Crippen molar-refractivity contribution in [3.05, 3.63) is 35.9 Å². The van der Waals surface area contributed by atoms with E-state index in [9.17, 15) is 0 Å². The zero-order chi connectivity index (χ0) is 8.23. The van der Waals surface area contributed by atoms with Crippen molar-refractivity contribution in [2.75, 3.05) is 11.5 Å². The molecule has 64 valence electrons. The maximum absolute atomic E-state index is 2.22. The zero-order valence-corrected chi connectivity index (χ0v) is 8.53. The molecular formula is C10H12S2. The fourth-order valence-electron chi connectivity index (χ4n) is 1.33. The third-order valence-corrected chi connectivity index (χ3v) is 4.97. The van der Waals surface area contributed by atoms with Gasteiger partial charge in [0.1, 0.15) is 0 Å². The first-order valence-electron chi connectivity index (χ1n) is 4.22. The van der Waals surface area contributed by atoms with Crippen LogP contribution in [-0.4, -0.2) is 16.1 Å². The third kappa shape index (κ3) is 2.20. The van der Waals surface area contributed by atoms with Crippen LogP contribution in [0.5, 0.6) is 0 Å². The highest BCUT2D eigenvalue weighted by atomic mass is 32.2. The van der Waals surface area contributed by atoms with Gasteiger partial charge in [0.15, 0.2) is 0 Å². The molecule has 0 nitrogen and oxygen atoms in total. The van der Waals surface area contributed by atoms with Crippen molar-refractivity contribution in [3.63, 3.8) is 0 Å². The van der Waals surface area contributed by atoms with Gasteiger partial charge in [-0.25, -0.2) is 0 Å². The summed E-state index contributed by atoms with van der Waals surface area (Å²) in [6.07, 6.45) is 1.23. The lowest BCUT2D eigenvalue weighted by atomic mass is 10.2. The van der Waals surface area contributed by atoms with Gasteiger partial charge < -0.3 is 0 Å². The Morgan fingerprint density at radius 2 is 1.75 bits per heavy atom. The van der Waals surface area contributed by atoms with Crippen molar-refractivity contribution in [2.45, 2.75) is 11.0 Å². The van der Waals surface area contributed by atoms with E-state index in [1.165, 1.54) is 23.5 Å². The fourth-order valence-corrected chi connectivity index (χ4v) is 4.21. The summed E-state index contributed by atoms with van der Waals surface area (Å²) in [5.74, 6) is 2.67. The van der Waals surface area contributed by atoms with E-state index in [4.69, 9.17) is 0 Å². The molecule has 1 fully saturated rings. The number of benzene rings is 1. The summed E-state index contributed by atoms with van der Waals surface area (Å²) in [5.41, 5.74) is 1.48. The van der Waals surface area contributed by atoms with Gasteiger partial charge in [-0.3, -0.25) is 0 Å². The van der Waals surface area contributed by atoms with Crippen LogP contribution < -0.4 is 0 Å². The first-order chi connectivity index (χ1) is 5.95. The Morgan fingerprint density at radius 3 is 2.42 bits per heavy atom. The van der Waals surface area contributed by atoms with Crippen molar-refractivity contribution in [1.82, 2.24) is 0 Å². The molecule has 1 aliphatic rings. The van der Waals surface area contributed by atoms with Crippen molar-refractivity contribution in [2.24, 2.45) is 0 Å². The molecule has 0 aliphatic carbocycles. The van der Waals surface area contributed by atoms with E-state index >= 15 is 0 Å². The molecule has 1 saturated heterocycles. The van der Waals surface area contributed by atoms with E-state index in [-0.39, 0.29) is 0 Å². The molecule has 12 heavy (non-hydrogen) atoms. The largest absolute Gasteiger partial charge is 0.146 e. The van der Waals surface area contributed by atoms with Crippen LogP contribution in [0.1, 0.15) is 5.56 Å². The molecule has 0 aromatic heterocycles. The van der Waals surface area contributed by atoms with E-state index in [2.05, 4.69) is 53.9 Å². The van der Waals surface area contributed by atoms with Crippen molar-refractivity contribution in [1.29, 1.82) is 0 Å². The van der Waals surface area contributed by atoms with Crippen LogP contribution in [0.3, 0.4) is 0 Å². The maximum Gasteiger partial charge on any atom is 0.0543 e. The molecule has 2 heteroatoms. The van der Waals surface area contributed by atoms with Gasteiger partial charge in [0.05, 0.1) is 4.58 Å². The lowest BCUT2D eigenvalue weighted by Crippen LogP contribution is -1.96. The molecule has 0 amide bonds. The zero-order valence-electron chi connectivity index (χ0n) is 6.90. The van der Waals surface area contributed by atoms with E-state index in [1.54, 1.807) is 0 Å². The Balaban J connectivity index is 1.94. The van der Waals surface area contributed by atoms with E-state index in [1.807, 2.05) is 0 Å². The fraction of sp³-hybridized carbons (Fsp3) is 0.400. The van der Waals surface area contributed by atoms with Gasteiger partial charge in [-0.05, 0) is 12.0 Å². The summed E-state index contributed by atoms with van der Waals surface area (Å²) in [6.45, 7) is 0. The monoisotopic (exact) mass is 196 g/mol. The minimum Gasteiger partial charge on any atom is -0.146 e. The molecule has 1 aliphatic heterocycles. The molecule has 1 aromatic carbocycles. The van der Waals surface area contributed by atoms with Crippen LogP contribution in [0.2, 0.25) is 0 Å². The van der Waals surface area contributed by atoms with Crippen LogP contribution in [0, 0.1) is 0 Å². The molecule has 0 spiro atoms. The van der Waals surface area contributed by atoms with Gasteiger partial charge in [-0.1, -0.05) is 30.3 Å². The average Bonchev–Trinajstić information content (AvgIpc) is 2.59. The Hall–Kier alpha value is -0.0800. The van der Waals surface area contributed by atoms with Crippen LogP contribution in [0.4, 0.5) is 0 Å². The molecule has 0 bridgehead atoms. The lowest BCUT2D eigenvalue weighted by Gasteiger charge is -2.06. The van der Waals surface area contributed by atoms with Gasteiger partial charge in [0.2, 0.25) is 0 Å².